The monoisotopic (exact) mass is 294 g/mol. The number of aryl methyl sites for hydroxylation is 1. The van der Waals surface area contributed by atoms with Crippen LogP contribution in [0, 0.1) is 12.8 Å². The Morgan fingerprint density at radius 2 is 2.35 bits per heavy atom. The van der Waals surface area contributed by atoms with Gasteiger partial charge in [-0.15, -0.1) is 11.3 Å². The van der Waals surface area contributed by atoms with Crippen molar-refractivity contribution in [1.29, 1.82) is 0 Å². The van der Waals surface area contributed by atoms with Crippen molar-refractivity contribution in [3.63, 3.8) is 0 Å². The molecule has 1 saturated heterocycles. The van der Waals surface area contributed by atoms with Gasteiger partial charge in [0, 0.05) is 23.9 Å². The second kappa shape index (κ2) is 6.90. The molecule has 0 spiro atoms. The van der Waals surface area contributed by atoms with Gasteiger partial charge in [-0.2, -0.15) is 0 Å². The van der Waals surface area contributed by atoms with Crippen LogP contribution in [0.25, 0.3) is 0 Å². The molecule has 2 rings (SSSR count). The second-order valence-electron chi connectivity index (χ2n) is 5.28. The van der Waals surface area contributed by atoms with Crippen LogP contribution < -0.4 is 10.6 Å². The minimum absolute atomic E-state index is 0.0786. The Hall–Kier alpha value is -1.33. The molecule has 0 radical (unpaired) electrons. The molecule has 1 aliphatic heterocycles. The number of hydrogen-bond donors (Lipinski definition) is 2. The quantitative estimate of drug-likeness (QED) is 0.820. The van der Waals surface area contributed by atoms with Gasteiger partial charge in [0.2, 0.25) is 0 Å². The molecule has 2 heterocycles. The zero-order chi connectivity index (χ0) is 14.5. The summed E-state index contributed by atoms with van der Waals surface area (Å²) in [5.74, 6) is 0.335. The van der Waals surface area contributed by atoms with Crippen LogP contribution in [0.15, 0.2) is 23.6 Å². The molecular formula is C15H22N2O2S. The second-order valence-corrected chi connectivity index (χ2v) is 6.28. The summed E-state index contributed by atoms with van der Waals surface area (Å²) in [6, 6.07) is 1.94. The van der Waals surface area contributed by atoms with E-state index >= 15 is 0 Å². The molecule has 5 heteroatoms. The molecule has 110 valence electrons. The van der Waals surface area contributed by atoms with Crippen LogP contribution in [0.5, 0.6) is 0 Å². The fourth-order valence-electron chi connectivity index (χ4n) is 2.42. The number of carbonyl (C=O) groups excluding carboxylic acids is 1. The van der Waals surface area contributed by atoms with E-state index < -0.39 is 0 Å². The third-order valence-corrected chi connectivity index (χ3v) is 4.63. The summed E-state index contributed by atoms with van der Waals surface area (Å²) in [5, 5.41) is 7.86. The first-order valence-electron chi connectivity index (χ1n) is 6.89. The average Bonchev–Trinajstić information content (AvgIpc) is 3.02. The van der Waals surface area contributed by atoms with Crippen molar-refractivity contribution in [2.45, 2.75) is 32.9 Å². The van der Waals surface area contributed by atoms with Gasteiger partial charge in [0.1, 0.15) is 0 Å². The van der Waals surface area contributed by atoms with Crippen molar-refractivity contribution in [1.82, 2.24) is 10.6 Å². The molecule has 2 atom stereocenters. The number of rotatable bonds is 5. The summed E-state index contributed by atoms with van der Waals surface area (Å²) < 4.78 is 5.62. The third kappa shape index (κ3) is 3.84. The van der Waals surface area contributed by atoms with Crippen molar-refractivity contribution in [2.75, 3.05) is 13.2 Å². The lowest BCUT2D eigenvalue weighted by molar-refractivity contribution is 0.119. The summed E-state index contributed by atoms with van der Waals surface area (Å²) in [6.07, 6.45) is 1.05. The maximum Gasteiger partial charge on any atom is 0.315 e. The zero-order valence-corrected chi connectivity index (χ0v) is 12.9. The summed E-state index contributed by atoms with van der Waals surface area (Å²) in [5.41, 5.74) is 2.26. The van der Waals surface area contributed by atoms with Gasteiger partial charge < -0.3 is 15.4 Å². The standard InChI is InChI=1S/C15H22N2O2S/c1-10(2)14-12(4-6-19-14)8-16-15(18)17-9-13-11(3)5-7-20-13/h5,7,12,14H,1,4,6,8-9H2,2-3H3,(H2,16,17,18). The number of thiophene rings is 1. The van der Waals surface area contributed by atoms with Crippen LogP contribution in [0.4, 0.5) is 4.79 Å². The Labute approximate surface area is 124 Å². The topological polar surface area (TPSA) is 50.4 Å². The van der Waals surface area contributed by atoms with Crippen LogP contribution in [0.2, 0.25) is 0 Å². The van der Waals surface area contributed by atoms with Crippen molar-refractivity contribution in [3.8, 4) is 0 Å². The Morgan fingerprint density at radius 3 is 3.00 bits per heavy atom. The van der Waals surface area contributed by atoms with E-state index in [1.54, 1.807) is 11.3 Å². The van der Waals surface area contributed by atoms with Gasteiger partial charge in [0.15, 0.2) is 0 Å². The smallest absolute Gasteiger partial charge is 0.315 e. The molecule has 1 aliphatic rings. The molecule has 0 aromatic carbocycles. The Balaban J connectivity index is 1.72. The lowest BCUT2D eigenvalue weighted by atomic mass is 9.97. The average molecular weight is 294 g/mol. The van der Waals surface area contributed by atoms with E-state index in [1.165, 1.54) is 10.4 Å². The molecule has 0 aliphatic carbocycles. The van der Waals surface area contributed by atoms with E-state index in [0.29, 0.717) is 19.0 Å². The summed E-state index contributed by atoms with van der Waals surface area (Å²) >= 11 is 1.67. The van der Waals surface area contributed by atoms with E-state index in [0.717, 1.165) is 18.6 Å². The first-order valence-corrected chi connectivity index (χ1v) is 7.77. The molecule has 20 heavy (non-hydrogen) atoms. The van der Waals surface area contributed by atoms with Gasteiger partial charge in [-0.25, -0.2) is 4.79 Å². The van der Waals surface area contributed by atoms with Crippen LogP contribution in [-0.2, 0) is 11.3 Å². The zero-order valence-electron chi connectivity index (χ0n) is 12.1. The minimum Gasteiger partial charge on any atom is -0.374 e. The number of hydrogen-bond acceptors (Lipinski definition) is 3. The van der Waals surface area contributed by atoms with Gasteiger partial charge in [0.05, 0.1) is 12.6 Å². The van der Waals surface area contributed by atoms with Gasteiger partial charge in [-0.1, -0.05) is 12.2 Å². The third-order valence-electron chi connectivity index (χ3n) is 3.60. The van der Waals surface area contributed by atoms with Crippen molar-refractivity contribution >= 4 is 17.4 Å². The van der Waals surface area contributed by atoms with Gasteiger partial charge in [-0.3, -0.25) is 0 Å². The first kappa shape index (κ1) is 15.1. The molecule has 2 amide bonds. The molecule has 1 aromatic rings. The van der Waals surface area contributed by atoms with Crippen LogP contribution in [-0.4, -0.2) is 25.3 Å². The highest BCUT2D eigenvalue weighted by Crippen LogP contribution is 2.25. The number of amides is 2. The number of nitrogens with one attached hydrogen (secondary N) is 2. The summed E-state index contributed by atoms with van der Waals surface area (Å²) in [6.45, 7) is 9.94. The van der Waals surface area contributed by atoms with Gasteiger partial charge in [-0.05, 0) is 37.3 Å². The molecule has 4 nitrogen and oxygen atoms in total. The predicted octanol–water partition coefficient (Wildman–Crippen LogP) is 2.84. The van der Waals surface area contributed by atoms with E-state index in [9.17, 15) is 4.79 Å². The fourth-order valence-corrected chi connectivity index (χ4v) is 3.27. The number of ether oxygens (including phenoxy) is 1. The van der Waals surface area contributed by atoms with E-state index in [1.807, 2.05) is 12.3 Å². The lowest BCUT2D eigenvalue weighted by Crippen LogP contribution is -2.39. The van der Waals surface area contributed by atoms with Crippen LogP contribution in [0.3, 0.4) is 0 Å². The maximum absolute atomic E-state index is 11.8. The van der Waals surface area contributed by atoms with Crippen LogP contribution >= 0.6 is 11.3 Å². The highest BCUT2D eigenvalue weighted by atomic mass is 32.1. The highest BCUT2D eigenvalue weighted by molar-refractivity contribution is 7.10. The maximum atomic E-state index is 11.8. The SMILES string of the molecule is C=C(C)C1OCCC1CNC(=O)NCc1sccc1C. The van der Waals surface area contributed by atoms with Crippen LogP contribution in [0.1, 0.15) is 23.8 Å². The molecular weight excluding hydrogens is 272 g/mol. The Kier molecular flexibility index (Phi) is 5.20. The van der Waals surface area contributed by atoms with E-state index in [4.69, 9.17) is 4.74 Å². The summed E-state index contributed by atoms with van der Waals surface area (Å²) in [7, 11) is 0. The predicted molar refractivity (Wildman–Crippen MR) is 82.0 cm³/mol. The first-order chi connectivity index (χ1) is 9.58. The van der Waals surface area contributed by atoms with Crippen molar-refractivity contribution in [2.24, 2.45) is 5.92 Å². The fraction of sp³-hybridized carbons (Fsp3) is 0.533. The molecule has 1 fully saturated rings. The van der Waals surface area contributed by atoms with E-state index in [-0.39, 0.29) is 12.1 Å². The summed E-state index contributed by atoms with van der Waals surface area (Å²) in [4.78, 5) is 13.0. The largest absolute Gasteiger partial charge is 0.374 e. The van der Waals surface area contributed by atoms with Gasteiger partial charge >= 0.3 is 6.03 Å². The Morgan fingerprint density at radius 1 is 1.55 bits per heavy atom. The molecule has 2 unspecified atom stereocenters. The number of carbonyl (C=O) groups is 1. The molecule has 0 bridgehead atoms. The van der Waals surface area contributed by atoms with Crippen molar-refractivity contribution < 1.29 is 9.53 Å². The molecule has 1 aromatic heterocycles. The van der Waals surface area contributed by atoms with E-state index in [2.05, 4.69) is 30.2 Å². The number of urea groups is 1. The van der Waals surface area contributed by atoms with Gasteiger partial charge in [0.25, 0.3) is 0 Å². The lowest BCUT2D eigenvalue weighted by Gasteiger charge is -2.19. The minimum atomic E-state index is -0.120. The normalized spacial score (nSPS) is 21.7. The molecule has 2 N–H and O–H groups in total. The van der Waals surface area contributed by atoms with Crippen molar-refractivity contribution in [3.05, 3.63) is 34.0 Å². The molecule has 0 saturated carbocycles. The highest BCUT2D eigenvalue weighted by Gasteiger charge is 2.28. The Bertz CT molecular complexity index is 484.